The van der Waals surface area contributed by atoms with E-state index in [0.29, 0.717) is 5.92 Å². The van der Waals surface area contributed by atoms with E-state index in [9.17, 15) is 8.42 Å². The van der Waals surface area contributed by atoms with E-state index >= 15 is 0 Å². The predicted octanol–water partition coefficient (Wildman–Crippen LogP) is 4.43. The molecule has 0 amide bonds. The minimum absolute atomic E-state index is 0.288. The lowest BCUT2D eigenvalue weighted by atomic mass is 9.99. The highest BCUT2D eigenvalue weighted by molar-refractivity contribution is 7.89. The van der Waals surface area contributed by atoms with Crippen molar-refractivity contribution in [1.29, 1.82) is 0 Å². The van der Waals surface area contributed by atoms with Crippen molar-refractivity contribution in [3.05, 3.63) is 78.4 Å². The number of imidazole rings is 1. The first-order valence-electron chi connectivity index (χ1n) is 9.11. The zero-order valence-electron chi connectivity index (χ0n) is 15.8. The average molecular weight is 384 g/mol. The molecular formula is C21H25N3O2S. The highest BCUT2D eigenvalue weighted by atomic mass is 32.2. The first-order valence-corrected chi connectivity index (χ1v) is 10.6. The van der Waals surface area contributed by atoms with Crippen LogP contribution in [0.2, 0.25) is 0 Å². The summed E-state index contributed by atoms with van der Waals surface area (Å²) in [6.45, 7) is 6.10. The van der Waals surface area contributed by atoms with Gasteiger partial charge in [-0.1, -0.05) is 38.1 Å². The lowest BCUT2D eigenvalue weighted by Gasteiger charge is -2.16. The molecule has 0 spiro atoms. The fraction of sp³-hybridized carbons (Fsp3) is 0.286. The fourth-order valence-electron chi connectivity index (χ4n) is 2.93. The van der Waals surface area contributed by atoms with Gasteiger partial charge in [0.25, 0.3) is 0 Å². The second-order valence-corrected chi connectivity index (χ2v) is 8.50. The maximum Gasteiger partial charge on any atom is 0.241 e. The van der Waals surface area contributed by atoms with Crippen molar-refractivity contribution in [3.63, 3.8) is 0 Å². The van der Waals surface area contributed by atoms with Gasteiger partial charge in [0, 0.05) is 24.1 Å². The van der Waals surface area contributed by atoms with Gasteiger partial charge in [-0.3, -0.25) is 0 Å². The molecule has 0 unspecified atom stereocenters. The Morgan fingerprint density at radius 3 is 2.19 bits per heavy atom. The first-order chi connectivity index (χ1) is 12.9. The van der Waals surface area contributed by atoms with E-state index in [4.69, 9.17) is 0 Å². The standard InChI is InChI=1S/C21H25N3O2S/c1-4-16(2)18-7-11-21(12-8-18)27(25,26)23-17(3)19-5-9-20(10-6-19)24-14-13-22-15-24/h5-17,23H,4H2,1-3H3/t16-,17+/m1/s1. The normalized spacial score (nSPS) is 14.0. The van der Waals surface area contributed by atoms with Gasteiger partial charge in [0.05, 0.1) is 11.2 Å². The highest BCUT2D eigenvalue weighted by Crippen LogP contribution is 2.22. The van der Waals surface area contributed by atoms with Gasteiger partial charge >= 0.3 is 0 Å². The molecule has 0 saturated carbocycles. The molecule has 27 heavy (non-hydrogen) atoms. The third kappa shape index (κ3) is 4.46. The van der Waals surface area contributed by atoms with Gasteiger partial charge in [0.1, 0.15) is 0 Å². The van der Waals surface area contributed by atoms with Crippen LogP contribution in [0.25, 0.3) is 5.69 Å². The molecule has 2 atom stereocenters. The Bertz CT molecular complexity index is 963. The quantitative estimate of drug-likeness (QED) is 0.657. The van der Waals surface area contributed by atoms with E-state index in [1.54, 1.807) is 24.7 Å². The monoisotopic (exact) mass is 383 g/mol. The van der Waals surface area contributed by atoms with Gasteiger partial charge in [-0.05, 0) is 54.7 Å². The van der Waals surface area contributed by atoms with Crippen LogP contribution in [0.5, 0.6) is 0 Å². The van der Waals surface area contributed by atoms with Gasteiger partial charge < -0.3 is 4.57 Å². The zero-order chi connectivity index (χ0) is 19.4. The summed E-state index contributed by atoms with van der Waals surface area (Å²) in [6.07, 6.45) is 6.34. The molecule has 3 aromatic rings. The number of benzene rings is 2. The van der Waals surface area contributed by atoms with E-state index in [1.807, 2.05) is 54.1 Å². The van der Waals surface area contributed by atoms with E-state index < -0.39 is 10.0 Å². The van der Waals surface area contributed by atoms with Crippen molar-refractivity contribution in [2.24, 2.45) is 0 Å². The summed E-state index contributed by atoms with van der Waals surface area (Å²) in [7, 11) is -3.58. The minimum Gasteiger partial charge on any atom is -0.306 e. The lowest BCUT2D eigenvalue weighted by molar-refractivity contribution is 0.567. The van der Waals surface area contributed by atoms with Crippen LogP contribution in [-0.2, 0) is 10.0 Å². The summed E-state index contributed by atoms with van der Waals surface area (Å²) in [5.74, 6) is 0.419. The van der Waals surface area contributed by atoms with Crippen LogP contribution < -0.4 is 4.72 Å². The molecule has 5 nitrogen and oxygen atoms in total. The summed E-state index contributed by atoms with van der Waals surface area (Å²) in [4.78, 5) is 4.32. The third-order valence-electron chi connectivity index (χ3n) is 4.90. The number of nitrogens with one attached hydrogen (secondary N) is 1. The second-order valence-electron chi connectivity index (χ2n) is 6.78. The van der Waals surface area contributed by atoms with E-state index in [0.717, 1.165) is 23.2 Å². The Morgan fingerprint density at radius 1 is 1.00 bits per heavy atom. The minimum atomic E-state index is -3.58. The molecule has 1 heterocycles. The van der Waals surface area contributed by atoms with Crippen LogP contribution in [0.1, 0.15) is 50.3 Å². The van der Waals surface area contributed by atoms with Crippen molar-refractivity contribution in [2.75, 3.05) is 0 Å². The smallest absolute Gasteiger partial charge is 0.241 e. The van der Waals surface area contributed by atoms with Crippen LogP contribution in [0.15, 0.2) is 72.1 Å². The van der Waals surface area contributed by atoms with Crippen LogP contribution >= 0.6 is 0 Å². The molecule has 1 aromatic heterocycles. The van der Waals surface area contributed by atoms with Gasteiger partial charge in [0.15, 0.2) is 0 Å². The third-order valence-corrected chi connectivity index (χ3v) is 6.46. The summed E-state index contributed by atoms with van der Waals surface area (Å²) in [5, 5.41) is 0. The van der Waals surface area contributed by atoms with E-state index in [2.05, 4.69) is 23.6 Å². The molecule has 6 heteroatoms. The van der Waals surface area contributed by atoms with Gasteiger partial charge in [-0.2, -0.15) is 0 Å². The summed E-state index contributed by atoms with van der Waals surface area (Å²) >= 11 is 0. The van der Waals surface area contributed by atoms with Crippen molar-refractivity contribution in [1.82, 2.24) is 14.3 Å². The first kappa shape index (κ1) is 19.3. The molecule has 3 rings (SSSR count). The molecular weight excluding hydrogens is 358 g/mol. The largest absolute Gasteiger partial charge is 0.306 e. The summed E-state index contributed by atoms with van der Waals surface area (Å²) < 4.78 is 30.1. The van der Waals surface area contributed by atoms with Crippen molar-refractivity contribution in [2.45, 2.75) is 44.0 Å². The van der Waals surface area contributed by atoms with Gasteiger partial charge in [0.2, 0.25) is 10.0 Å². The number of rotatable bonds is 7. The lowest BCUT2D eigenvalue weighted by Crippen LogP contribution is -2.26. The molecule has 2 aromatic carbocycles. The van der Waals surface area contributed by atoms with Crippen molar-refractivity contribution < 1.29 is 8.42 Å². The average Bonchev–Trinajstić information content (AvgIpc) is 3.22. The van der Waals surface area contributed by atoms with E-state index in [-0.39, 0.29) is 10.9 Å². The molecule has 0 bridgehead atoms. The van der Waals surface area contributed by atoms with E-state index in [1.165, 1.54) is 0 Å². The zero-order valence-corrected chi connectivity index (χ0v) is 16.6. The number of hydrogen-bond acceptors (Lipinski definition) is 3. The molecule has 0 fully saturated rings. The number of sulfonamides is 1. The Hall–Kier alpha value is -2.44. The molecule has 142 valence electrons. The number of hydrogen-bond donors (Lipinski definition) is 1. The molecule has 0 saturated heterocycles. The van der Waals surface area contributed by atoms with Crippen molar-refractivity contribution in [3.8, 4) is 5.69 Å². The Morgan fingerprint density at radius 2 is 1.63 bits per heavy atom. The molecule has 0 radical (unpaired) electrons. The molecule has 1 N–H and O–H groups in total. The second kappa shape index (κ2) is 8.06. The molecule has 0 aliphatic heterocycles. The van der Waals surface area contributed by atoms with Gasteiger partial charge in [-0.15, -0.1) is 0 Å². The van der Waals surface area contributed by atoms with Crippen molar-refractivity contribution >= 4 is 10.0 Å². The van der Waals surface area contributed by atoms with Gasteiger partial charge in [-0.25, -0.2) is 18.1 Å². The summed E-state index contributed by atoms with van der Waals surface area (Å²) in [6, 6.07) is 14.6. The molecule has 0 aliphatic rings. The topological polar surface area (TPSA) is 64.0 Å². The number of aromatic nitrogens is 2. The Balaban J connectivity index is 1.73. The number of nitrogens with zero attached hydrogens (tertiary/aromatic N) is 2. The van der Waals surface area contributed by atoms with Crippen LogP contribution in [-0.4, -0.2) is 18.0 Å². The summed E-state index contributed by atoms with van der Waals surface area (Å²) in [5.41, 5.74) is 3.03. The Labute approximate surface area is 161 Å². The SMILES string of the molecule is CC[C@@H](C)c1ccc(S(=O)(=O)N[C@@H](C)c2ccc(-n3ccnc3)cc2)cc1. The highest BCUT2D eigenvalue weighted by Gasteiger charge is 2.18. The van der Waals surface area contributed by atoms with Crippen LogP contribution in [0, 0.1) is 0 Å². The maximum absolute atomic E-state index is 12.7. The predicted molar refractivity (Wildman–Crippen MR) is 107 cm³/mol. The van der Waals surface area contributed by atoms with Crippen LogP contribution in [0.3, 0.4) is 0 Å². The maximum atomic E-state index is 12.7. The Kier molecular flexibility index (Phi) is 5.77. The fourth-order valence-corrected chi connectivity index (χ4v) is 4.16. The molecule has 0 aliphatic carbocycles. The van der Waals surface area contributed by atoms with Crippen LogP contribution in [0.4, 0.5) is 0 Å².